The van der Waals surface area contributed by atoms with Crippen LogP contribution in [0.25, 0.3) is 0 Å². The predicted octanol–water partition coefficient (Wildman–Crippen LogP) is 3.38. The Morgan fingerprint density at radius 2 is 1.76 bits per heavy atom. The zero-order valence-corrected chi connectivity index (χ0v) is 18.8. The molecule has 1 aliphatic rings. The molecule has 9 heteroatoms. The fourth-order valence-electron chi connectivity index (χ4n) is 3.47. The summed E-state index contributed by atoms with van der Waals surface area (Å²) in [5, 5.41) is 2.69. The van der Waals surface area contributed by atoms with Gasteiger partial charge in [-0.25, -0.2) is 13.2 Å². The number of carbonyl (C=O) groups excluding carboxylic acids is 2. The van der Waals surface area contributed by atoms with E-state index < -0.39 is 28.0 Å². The van der Waals surface area contributed by atoms with Crippen LogP contribution in [-0.4, -0.2) is 40.1 Å². The minimum atomic E-state index is -3.94. The second kappa shape index (κ2) is 8.95. The van der Waals surface area contributed by atoms with Gasteiger partial charge in [0, 0.05) is 5.69 Å². The van der Waals surface area contributed by atoms with Gasteiger partial charge < -0.3 is 14.8 Å². The highest BCUT2D eigenvalue weighted by Gasteiger charge is 2.37. The van der Waals surface area contributed by atoms with E-state index in [-0.39, 0.29) is 22.8 Å². The van der Waals surface area contributed by atoms with Gasteiger partial charge in [0.05, 0.1) is 29.8 Å². The Labute approximate surface area is 191 Å². The number of aryl methyl sites for hydroxylation is 1. The van der Waals surface area contributed by atoms with E-state index in [0.717, 1.165) is 5.56 Å². The van der Waals surface area contributed by atoms with Crippen molar-refractivity contribution in [3.63, 3.8) is 0 Å². The van der Waals surface area contributed by atoms with Crippen molar-refractivity contribution in [2.24, 2.45) is 0 Å². The first-order valence-corrected chi connectivity index (χ1v) is 11.6. The normalized spacial score (nSPS) is 15.2. The van der Waals surface area contributed by atoms with Gasteiger partial charge in [0.25, 0.3) is 15.9 Å². The highest BCUT2D eigenvalue weighted by Crippen LogP contribution is 2.37. The third-order valence-corrected chi connectivity index (χ3v) is 6.98. The highest BCUT2D eigenvalue weighted by atomic mass is 32.2. The third-order valence-electron chi connectivity index (χ3n) is 5.19. The van der Waals surface area contributed by atoms with Gasteiger partial charge >= 0.3 is 5.97 Å². The lowest BCUT2D eigenvalue weighted by molar-refractivity contribution is -0.122. The van der Waals surface area contributed by atoms with Gasteiger partial charge in [0.15, 0.2) is 6.10 Å². The highest BCUT2D eigenvalue weighted by molar-refractivity contribution is 7.92. The molecule has 1 aliphatic heterocycles. The molecule has 0 bridgehead atoms. The van der Waals surface area contributed by atoms with E-state index >= 15 is 0 Å². The van der Waals surface area contributed by atoms with Crippen molar-refractivity contribution in [2.45, 2.75) is 17.9 Å². The number of hydrogen-bond donors (Lipinski definition) is 1. The summed E-state index contributed by atoms with van der Waals surface area (Å²) in [6.07, 6.45) is -1.11. The summed E-state index contributed by atoms with van der Waals surface area (Å²) < 4.78 is 38.6. The number of sulfonamides is 1. The summed E-state index contributed by atoms with van der Waals surface area (Å²) in [6, 6.07) is 19.4. The molecule has 1 N–H and O–H groups in total. The van der Waals surface area contributed by atoms with Crippen LogP contribution in [0.4, 0.5) is 11.4 Å². The van der Waals surface area contributed by atoms with Gasteiger partial charge in [-0.15, -0.1) is 0 Å². The van der Waals surface area contributed by atoms with E-state index in [1.165, 1.54) is 29.6 Å². The zero-order valence-electron chi connectivity index (χ0n) is 18.0. The maximum absolute atomic E-state index is 13.4. The van der Waals surface area contributed by atoms with Gasteiger partial charge in [-0.1, -0.05) is 35.9 Å². The molecule has 0 spiro atoms. The molecule has 0 aliphatic carbocycles. The van der Waals surface area contributed by atoms with Crippen LogP contribution in [0.5, 0.6) is 5.75 Å². The Morgan fingerprint density at radius 3 is 2.48 bits per heavy atom. The fourth-order valence-corrected chi connectivity index (χ4v) is 4.94. The monoisotopic (exact) mass is 466 g/mol. The topological polar surface area (TPSA) is 102 Å². The van der Waals surface area contributed by atoms with Crippen LogP contribution >= 0.6 is 0 Å². The lowest BCUT2D eigenvalue weighted by Gasteiger charge is -2.34. The van der Waals surface area contributed by atoms with Crippen LogP contribution in [0.3, 0.4) is 0 Å². The summed E-state index contributed by atoms with van der Waals surface area (Å²) >= 11 is 0. The number of benzene rings is 3. The van der Waals surface area contributed by atoms with Gasteiger partial charge in [-0.2, -0.15) is 0 Å². The number of fused-ring (bicyclic) bond motifs is 1. The first-order chi connectivity index (χ1) is 15.8. The van der Waals surface area contributed by atoms with Crippen molar-refractivity contribution >= 4 is 33.3 Å². The lowest BCUT2D eigenvalue weighted by Crippen LogP contribution is -2.48. The molecule has 1 atom stereocenters. The van der Waals surface area contributed by atoms with E-state index in [1.807, 2.05) is 6.92 Å². The Kier molecular flexibility index (Phi) is 6.06. The SMILES string of the molecule is COC(=O)c1cccc(NC(=O)C2CN(S(=O)(=O)c3ccc(C)cc3)c3ccccc3O2)c1. The Bertz CT molecular complexity index is 1300. The summed E-state index contributed by atoms with van der Waals surface area (Å²) in [6.45, 7) is 1.66. The zero-order chi connectivity index (χ0) is 23.6. The van der Waals surface area contributed by atoms with Gasteiger partial charge in [0.1, 0.15) is 5.75 Å². The number of amides is 1. The molecule has 0 fully saturated rings. The van der Waals surface area contributed by atoms with Crippen LogP contribution < -0.4 is 14.4 Å². The number of anilines is 2. The maximum Gasteiger partial charge on any atom is 0.337 e. The van der Waals surface area contributed by atoms with Crippen LogP contribution in [0, 0.1) is 6.92 Å². The molecule has 0 radical (unpaired) electrons. The van der Waals surface area contributed by atoms with Crippen LogP contribution in [-0.2, 0) is 19.6 Å². The maximum atomic E-state index is 13.4. The number of nitrogens with one attached hydrogen (secondary N) is 1. The average molecular weight is 467 g/mol. The summed E-state index contributed by atoms with van der Waals surface area (Å²) in [5.74, 6) is -0.803. The molecule has 3 aromatic rings. The van der Waals surface area contributed by atoms with Crippen LogP contribution in [0.2, 0.25) is 0 Å². The van der Waals surface area contributed by atoms with E-state index in [1.54, 1.807) is 54.6 Å². The van der Waals surface area contributed by atoms with Crippen molar-refractivity contribution in [3.8, 4) is 5.75 Å². The second-order valence-electron chi connectivity index (χ2n) is 7.49. The summed E-state index contributed by atoms with van der Waals surface area (Å²) in [5.41, 5.74) is 1.92. The van der Waals surface area contributed by atoms with Crippen molar-refractivity contribution in [3.05, 3.63) is 83.9 Å². The van der Waals surface area contributed by atoms with Crippen molar-refractivity contribution in [2.75, 3.05) is 23.3 Å². The quantitative estimate of drug-likeness (QED) is 0.579. The summed E-state index contributed by atoms with van der Waals surface area (Å²) in [7, 11) is -2.67. The molecule has 0 aromatic heterocycles. The number of hydrogen-bond acceptors (Lipinski definition) is 6. The lowest BCUT2D eigenvalue weighted by atomic mass is 10.2. The average Bonchev–Trinajstić information content (AvgIpc) is 2.83. The van der Waals surface area contributed by atoms with E-state index in [4.69, 9.17) is 9.47 Å². The third kappa shape index (κ3) is 4.54. The molecule has 4 rings (SSSR count). The van der Waals surface area contributed by atoms with Crippen molar-refractivity contribution in [1.82, 2.24) is 0 Å². The molecule has 33 heavy (non-hydrogen) atoms. The molecule has 1 unspecified atom stereocenters. The number of rotatable bonds is 5. The van der Waals surface area contributed by atoms with E-state index in [9.17, 15) is 18.0 Å². The first-order valence-electron chi connectivity index (χ1n) is 10.1. The predicted molar refractivity (Wildman–Crippen MR) is 123 cm³/mol. The number of methoxy groups -OCH3 is 1. The number of nitrogens with zero attached hydrogens (tertiary/aromatic N) is 1. The minimum Gasteiger partial charge on any atom is -0.476 e. The van der Waals surface area contributed by atoms with Gasteiger partial charge in [-0.05, 0) is 49.4 Å². The van der Waals surface area contributed by atoms with Gasteiger partial charge in [0.2, 0.25) is 0 Å². The van der Waals surface area contributed by atoms with Crippen LogP contribution in [0.1, 0.15) is 15.9 Å². The fraction of sp³-hybridized carbons (Fsp3) is 0.167. The number of esters is 1. The van der Waals surface area contributed by atoms with Crippen LogP contribution in [0.15, 0.2) is 77.7 Å². The molecule has 1 amide bonds. The molecule has 3 aromatic carbocycles. The molecule has 0 saturated heterocycles. The second-order valence-corrected chi connectivity index (χ2v) is 9.35. The smallest absolute Gasteiger partial charge is 0.337 e. The molecule has 1 heterocycles. The number of para-hydroxylation sites is 2. The first kappa shape index (κ1) is 22.3. The molecule has 170 valence electrons. The van der Waals surface area contributed by atoms with E-state index in [0.29, 0.717) is 11.4 Å². The van der Waals surface area contributed by atoms with Gasteiger partial charge in [-0.3, -0.25) is 9.10 Å². The molecular formula is C24H22N2O6S. The Morgan fingerprint density at radius 1 is 1.03 bits per heavy atom. The summed E-state index contributed by atoms with van der Waals surface area (Å²) in [4.78, 5) is 24.9. The van der Waals surface area contributed by atoms with E-state index in [2.05, 4.69) is 5.32 Å². The standard InChI is InChI=1S/C24H22N2O6S/c1-16-10-12-19(13-11-16)33(29,30)26-15-22(32-21-9-4-3-8-20(21)26)23(27)25-18-7-5-6-17(14-18)24(28)31-2/h3-14,22H,15H2,1-2H3,(H,25,27). The molecular weight excluding hydrogens is 444 g/mol. The van der Waals surface area contributed by atoms with Crippen molar-refractivity contribution in [1.29, 1.82) is 0 Å². The number of carbonyl (C=O) groups is 2. The number of ether oxygens (including phenoxy) is 2. The molecule has 8 nitrogen and oxygen atoms in total. The largest absolute Gasteiger partial charge is 0.476 e. The molecule has 0 saturated carbocycles. The Hall–Kier alpha value is -3.85. The minimum absolute atomic E-state index is 0.120. The Balaban J connectivity index is 1.63. The van der Waals surface area contributed by atoms with Crippen molar-refractivity contribution < 1.29 is 27.5 Å².